The van der Waals surface area contributed by atoms with Gasteiger partial charge in [0, 0.05) is 32.8 Å². The van der Waals surface area contributed by atoms with Crippen molar-refractivity contribution in [2.75, 3.05) is 4.90 Å². The topological polar surface area (TPSA) is 16.4 Å². The maximum atomic E-state index is 6.19. The van der Waals surface area contributed by atoms with E-state index < -0.39 is 0 Å². The Morgan fingerprint density at radius 1 is 0.377 bits per heavy atom. The van der Waals surface area contributed by atoms with E-state index in [1.54, 1.807) is 0 Å². The van der Waals surface area contributed by atoms with Crippen molar-refractivity contribution in [3.05, 3.63) is 223 Å². The zero-order valence-electron chi connectivity index (χ0n) is 34.1. The lowest BCUT2D eigenvalue weighted by molar-refractivity contribution is 0.663. The molecule has 0 saturated carbocycles. The van der Waals surface area contributed by atoms with Crippen molar-refractivity contribution in [2.24, 2.45) is 0 Å². The average molecular weight is 780 g/mol. The molecule has 0 radical (unpaired) electrons. The summed E-state index contributed by atoms with van der Waals surface area (Å²) < 4.78 is 6.19. The minimum Gasteiger partial charge on any atom is -0.456 e. The van der Waals surface area contributed by atoms with Crippen LogP contribution in [0.5, 0.6) is 0 Å². The summed E-state index contributed by atoms with van der Waals surface area (Å²) in [5, 5.41) is 7.20. The molecule has 0 amide bonds. The molecule has 1 aliphatic rings. The lowest BCUT2D eigenvalue weighted by Crippen LogP contribution is -2.17. The average Bonchev–Trinajstić information content (AvgIpc) is 3.80. The largest absolute Gasteiger partial charge is 0.456 e. The van der Waals surface area contributed by atoms with E-state index in [4.69, 9.17) is 4.42 Å². The molecule has 0 bridgehead atoms. The van der Waals surface area contributed by atoms with Crippen LogP contribution in [-0.4, -0.2) is 0 Å². The molecule has 0 spiro atoms. The molecule has 11 aromatic rings. The van der Waals surface area contributed by atoms with Gasteiger partial charge in [-0.2, -0.15) is 0 Å². The number of anilines is 3. The van der Waals surface area contributed by atoms with Crippen LogP contribution in [0.25, 0.3) is 88.0 Å². The predicted molar refractivity (Wildman–Crippen MR) is 257 cm³/mol. The Labute approximate surface area is 355 Å². The van der Waals surface area contributed by atoms with Crippen LogP contribution >= 0.6 is 0 Å². The van der Waals surface area contributed by atoms with Crippen LogP contribution in [0.3, 0.4) is 0 Å². The molecule has 0 atom stereocenters. The van der Waals surface area contributed by atoms with Gasteiger partial charge in [-0.05, 0) is 121 Å². The van der Waals surface area contributed by atoms with Crippen LogP contribution in [0.15, 0.2) is 217 Å². The first-order chi connectivity index (χ1) is 30.0. The summed E-state index contributed by atoms with van der Waals surface area (Å²) >= 11 is 0. The molecule has 0 fully saturated rings. The zero-order chi connectivity index (χ0) is 40.7. The third-order valence-corrected chi connectivity index (χ3v) is 13.0. The van der Waals surface area contributed by atoms with E-state index in [0.717, 1.165) is 50.1 Å². The Morgan fingerprint density at radius 2 is 0.984 bits per heavy atom. The highest BCUT2D eigenvalue weighted by Gasteiger charge is 2.39. The van der Waals surface area contributed by atoms with Crippen LogP contribution in [0.2, 0.25) is 0 Å². The summed E-state index contributed by atoms with van der Waals surface area (Å²) in [7, 11) is 0. The van der Waals surface area contributed by atoms with Gasteiger partial charge in [0.2, 0.25) is 0 Å². The molecule has 10 aromatic carbocycles. The van der Waals surface area contributed by atoms with Crippen molar-refractivity contribution < 1.29 is 4.42 Å². The first-order valence-corrected chi connectivity index (χ1v) is 21.2. The van der Waals surface area contributed by atoms with E-state index in [1.165, 1.54) is 66.1 Å². The van der Waals surface area contributed by atoms with E-state index in [-0.39, 0.29) is 5.41 Å². The van der Waals surface area contributed by atoms with Gasteiger partial charge in [-0.1, -0.05) is 172 Å². The highest BCUT2D eigenvalue weighted by molar-refractivity contribution is 6.08. The van der Waals surface area contributed by atoms with Crippen molar-refractivity contribution in [1.29, 1.82) is 0 Å². The molecule has 1 aliphatic carbocycles. The fourth-order valence-electron chi connectivity index (χ4n) is 10.2. The summed E-state index contributed by atoms with van der Waals surface area (Å²) in [5.74, 6) is 0. The summed E-state index contributed by atoms with van der Waals surface area (Å²) in [6.07, 6.45) is 0. The lowest BCUT2D eigenvalue weighted by atomic mass is 9.77. The maximum absolute atomic E-state index is 6.19. The quantitative estimate of drug-likeness (QED) is 0.167. The molecule has 0 aliphatic heterocycles. The second-order valence-corrected chi connectivity index (χ2v) is 16.9. The Balaban J connectivity index is 1.10. The van der Waals surface area contributed by atoms with Crippen molar-refractivity contribution in [3.8, 4) is 44.5 Å². The molecule has 1 aromatic heterocycles. The molecule has 1 heterocycles. The third-order valence-electron chi connectivity index (χ3n) is 13.0. The van der Waals surface area contributed by atoms with Gasteiger partial charge in [-0.25, -0.2) is 0 Å². The zero-order valence-corrected chi connectivity index (χ0v) is 34.1. The molecule has 2 heteroatoms. The SMILES string of the molecule is CC1(C)c2cc3ccccc3cc2-c2cccc(-c3c(-c4ccccc4)cccc3N(c3ccc(-c4ccc5oc6ccccc6c5c4)cc3)c3cccc4ccccc34)c21. The number of para-hydroxylation sites is 1. The highest BCUT2D eigenvalue weighted by Crippen LogP contribution is 2.56. The Morgan fingerprint density at radius 3 is 1.82 bits per heavy atom. The number of hydrogen-bond acceptors (Lipinski definition) is 2. The van der Waals surface area contributed by atoms with E-state index >= 15 is 0 Å². The van der Waals surface area contributed by atoms with Gasteiger partial charge < -0.3 is 9.32 Å². The Kier molecular flexibility index (Phi) is 7.92. The fourth-order valence-corrected chi connectivity index (χ4v) is 10.2. The summed E-state index contributed by atoms with van der Waals surface area (Å²) in [6, 6.07) is 77.6. The Hall–Kier alpha value is -7.68. The number of hydrogen-bond donors (Lipinski definition) is 0. The molecule has 0 saturated heterocycles. The van der Waals surface area contributed by atoms with Gasteiger partial charge in [0.05, 0.1) is 11.4 Å². The second kappa shape index (κ2) is 13.7. The normalized spacial score (nSPS) is 12.9. The van der Waals surface area contributed by atoms with E-state index in [9.17, 15) is 0 Å². The molecule has 288 valence electrons. The highest BCUT2D eigenvalue weighted by atomic mass is 16.3. The molecule has 2 nitrogen and oxygen atoms in total. The molecule has 0 unspecified atom stereocenters. The fraction of sp³-hybridized carbons (Fsp3) is 0.0508. The molecule has 12 rings (SSSR count). The van der Waals surface area contributed by atoms with Crippen LogP contribution in [0.1, 0.15) is 25.0 Å². The summed E-state index contributed by atoms with van der Waals surface area (Å²) in [5.41, 5.74) is 17.4. The van der Waals surface area contributed by atoms with Gasteiger partial charge in [-0.15, -0.1) is 0 Å². The molecular formula is C59H41NO. The van der Waals surface area contributed by atoms with Crippen LogP contribution in [0, 0.1) is 0 Å². The molecule has 0 N–H and O–H groups in total. The number of nitrogens with zero attached hydrogens (tertiary/aromatic N) is 1. The van der Waals surface area contributed by atoms with Gasteiger partial charge in [-0.3, -0.25) is 0 Å². The first-order valence-electron chi connectivity index (χ1n) is 21.2. The van der Waals surface area contributed by atoms with E-state index in [0.29, 0.717) is 0 Å². The van der Waals surface area contributed by atoms with Gasteiger partial charge in [0.25, 0.3) is 0 Å². The minimum atomic E-state index is -0.250. The lowest BCUT2D eigenvalue weighted by Gasteiger charge is -2.32. The monoisotopic (exact) mass is 779 g/mol. The van der Waals surface area contributed by atoms with E-state index in [1.807, 2.05) is 12.1 Å². The maximum Gasteiger partial charge on any atom is 0.135 e. The summed E-state index contributed by atoms with van der Waals surface area (Å²) in [6.45, 7) is 4.82. The van der Waals surface area contributed by atoms with Gasteiger partial charge in [0.15, 0.2) is 0 Å². The van der Waals surface area contributed by atoms with Crippen LogP contribution < -0.4 is 4.90 Å². The second-order valence-electron chi connectivity index (χ2n) is 16.9. The molecule has 61 heavy (non-hydrogen) atoms. The summed E-state index contributed by atoms with van der Waals surface area (Å²) in [4.78, 5) is 2.49. The van der Waals surface area contributed by atoms with Gasteiger partial charge in [0.1, 0.15) is 11.2 Å². The molecular weight excluding hydrogens is 739 g/mol. The number of benzene rings is 10. The van der Waals surface area contributed by atoms with E-state index in [2.05, 4.69) is 219 Å². The predicted octanol–water partition coefficient (Wildman–Crippen LogP) is 16.7. The minimum absolute atomic E-state index is 0.250. The van der Waals surface area contributed by atoms with Crippen molar-refractivity contribution in [2.45, 2.75) is 19.3 Å². The van der Waals surface area contributed by atoms with Crippen LogP contribution in [-0.2, 0) is 5.41 Å². The van der Waals surface area contributed by atoms with Crippen LogP contribution in [0.4, 0.5) is 17.1 Å². The van der Waals surface area contributed by atoms with Gasteiger partial charge >= 0.3 is 0 Å². The number of fused-ring (bicyclic) bond motifs is 8. The van der Waals surface area contributed by atoms with Crippen molar-refractivity contribution in [3.63, 3.8) is 0 Å². The Bertz CT molecular complexity index is 3500. The number of furan rings is 1. The number of rotatable bonds is 6. The standard InChI is InChI=1S/C59H41NO/c1-59(2)52-37-42-19-7-6-18-41(42)35-50(52)48-24-13-25-49(58(48)59)57-46(40-15-4-3-5-16-40)23-14-27-54(57)60(53-26-12-20-39-17-8-9-21-45(39)53)44-32-29-38(30-33-44)43-31-34-56-51(36-43)47-22-10-11-28-55(47)61-56/h3-37H,1-2H3. The third kappa shape index (κ3) is 5.56. The smallest absolute Gasteiger partial charge is 0.135 e. The first kappa shape index (κ1) is 35.3. The van der Waals surface area contributed by atoms with Crippen molar-refractivity contribution in [1.82, 2.24) is 0 Å². The van der Waals surface area contributed by atoms with Crippen molar-refractivity contribution >= 4 is 60.5 Å².